The van der Waals surface area contributed by atoms with Gasteiger partial charge in [0.2, 0.25) is 5.78 Å². The van der Waals surface area contributed by atoms with Crippen LogP contribution in [0.1, 0.15) is 5.69 Å². The van der Waals surface area contributed by atoms with Crippen LogP contribution in [0.15, 0.2) is 34.9 Å². The largest absolute Gasteiger partial charge is 0.325 e. The first-order valence-corrected chi connectivity index (χ1v) is 6.37. The van der Waals surface area contributed by atoms with Crippen molar-refractivity contribution in [2.45, 2.75) is 6.54 Å². The van der Waals surface area contributed by atoms with Crippen LogP contribution in [0.3, 0.4) is 0 Å². The van der Waals surface area contributed by atoms with Crippen LogP contribution in [0, 0.1) is 0 Å². The van der Waals surface area contributed by atoms with Crippen molar-refractivity contribution in [2.24, 2.45) is 12.8 Å². The smallest absolute Gasteiger partial charge is 0.233 e. The minimum atomic E-state index is 0.393. The molecule has 92 valence electrons. The van der Waals surface area contributed by atoms with Gasteiger partial charge < -0.3 is 5.73 Å². The summed E-state index contributed by atoms with van der Waals surface area (Å²) in [7, 11) is 1.95. The summed E-state index contributed by atoms with van der Waals surface area (Å²) < 4.78 is 4.54. The summed E-state index contributed by atoms with van der Waals surface area (Å²) >= 11 is 3.48. The first kappa shape index (κ1) is 11.4. The third kappa shape index (κ3) is 1.57. The first-order valence-electron chi connectivity index (χ1n) is 5.57. The molecule has 2 aromatic heterocycles. The maximum Gasteiger partial charge on any atom is 0.233 e. The van der Waals surface area contributed by atoms with Gasteiger partial charge in [0.15, 0.2) is 5.82 Å². The highest BCUT2D eigenvalue weighted by Gasteiger charge is 2.16. The average molecular weight is 306 g/mol. The van der Waals surface area contributed by atoms with Gasteiger partial charge in [-0.1, -0.05) is 30.3 Å². The fourth-order valence-electron chi connectivity index (χ4n) is 1.95. The summed E-state index contributed by atoms with van der Waals surface area (Å²) in [6.45, 7) is 0.393. The number of benzene rings is 1. The third-order valence-electron chi connectivity index (χ3n) is 2.89. The zero-order valence-corrected chi connectivity index (χ0v) is 11.4. The molecular formula is C12H12BrN5. The fraction of sp³-hybridized carbons (Fsp3) is 0.167. The van der Waals surface area contributed by atoms with E-state index in [9.17, 15) is 0 Å². The number of nitrogens with zero attached hydrogens (tertiary/aromatic N) is 4. The molecule has 0 aliphatic rings. The SMILES string of the molecule is Cn1c(-c2ccccc2)nn2c(Br)c(CN)nc12. The molecule has 18 heavy (non-hydrogen) atoms. The minimum Gasteiger partial charge on any atom is -0.325 e. The molecule has 5 nitrogen and oxygen atoms in total. The number of nitrogens with two attached hydrogens (primary N) is 1. The highest BCUT2D eigenvalue weighted by molar-refractivity contribution is 9.10. The molecule has 2 heterocycles. The van der Waals surface area contributed by atoms with Crippen molar-refractivity contribution in [3.05, 3.63) is 40.6 Å². The monoisotopic (exact) mass is 305 g/mol. The second-order valence-electron chi connectivity index (χ2n) is 4.01. The average Bonchev–Trinajstić information content (AvgIpc) is 2.89. The lowest BCUT2D eigenvalue weighted by atomic mass is 10.2. The van der Waals surface area contributed by atoms with Crippen molar-refractivity contribution in [1.82, 2.24) is 19.2 Å². The van der Waals surface area contributed by atoms with Gasteiger partial charge >= 0.3 is 0 Å². The molecule has 0 aliphatic carbocycles. The Morgan fingerprint density at radius 1 is 1.28 bits per heavy atom. The Morgan fingerprint density at radius 2 is 2.00 bits per heavy atom. The van der Waals surface area contributed by atoms with Crippen molar-refractivity contribution in [3.8, 4) is 11.4 Å². The van der Waals surface area contributed by atoms with Crippen molar-refractivity contribution in [1.29, 1.82) is 0 Å². The van der Waals surface area contributed by atoms with Crippen LogP contribution in [0.25, 0.3) is 17.2 Å². The first-order chi connectivity index (χ1) is 8.72. The van der Waals surface area contributed by atoms with Crippen molar-refractivity contribution >= 4 is 21.7 Å². The molecule has 0 radical (unpaired) electrons. The van der Waals surface area contributed by atoms with Crippen LogP contribution in [0.4, 0.5) is 0 Å². The van der Waals surface area contributed by atoms with Crippen molar-refractivity contribution in [3.63, 3.8) is 0 Å². The van der Waals surface area contributed by atoms with E-state index < -0.39 is 0 Å². The molecule has 0 unspecified atom stereocenters. The van der Waals surface area contributed by atoms with Gasteiger partial charge in [-0.05, 0) is 15.9 Å². The van der Waals surface area contributed by atoms with E-state index in [1.54, 1.807) is 4.52 Å². The van der Waals surface area contributed by atoms with E-state index in [0.29, 0.717) is 6.54 Å². The maximum absolute atomic E-state index is 5.63. The van der Waals surface area contributed by atoms with Crippen LogP contribution < -0.4 is 5.73 Å². The lowest BCUT2D eigenvalue weighted by Gasteiger charge is -1.99. The third-order valence-corrected chi connectivity index (χ3v) is 3.68. The number of aromatic nitrogens is 4. The van der Waals surface area contributed by atoms with Crippen LogP contribution in [-0.2, 0) is 13.6 Å². The maximum atomic E-state index is 5.63. The Labute approximate surface area is 112 Å². The number of imidazole rings is 1. The molecule has 3 rings (SSSR count). The molecule has 0 fully saturated rings. The number of aryl methyl sites for hydroxylation is 1. The molecule has 0 amide bonds. The van der Waals surface area contributed by atoms with Crippen molar-refractivity contribution < 1.29 is 0 Å². The second kappa shape index (κ2) is 4.22. The molecule has 1 aromatic carbocycles. The standard InChI is InChI=1S/C12H12BrN5/c1-17-11(8-5-3-2-4-6-8)16-18-10(13)9(7-14)15-12(17)18/h2-6H,7,14H2,1H3. The van der Waals surface area contributed by atoms with E-state index in [-0.39, 0.29) is 0 Å². The van der Waals surface area contributed by atoms with Gasteiger partial charge in [0.1, 0.15) is 4.60 Å². The molecule has 2 N–H and O–H groups in total. The number of halogens is 1. The molecule has 6 heteroatoms. The van der Waals surface area contributed by atoms with E-state index in [0.717, 1.165) is 27.5 Å². The predicted molar refractivity (Wildman–Crippen MR) is 73.0 cm³/mol. The van der Waals surface area contributed by atoms with E-state index in [4.69, 9.17) is 5.73 Å². The van der Waals surface area contributed by atoms with Crippen LogP contribution >= 0.6 is 15.9 Å². The summed E-state index contributed by atoms with van der Waals surface area (Å²) in [5.41, 5.74) is 7.50. The van der Waals surface area contributed by atoms with E-state index in [1.165, 1.54) is 0 Å². The Hall–Kier alpha value is -1.66. The summed E-state index contributed by atoms with van der Waals surface area (Å²) in [6, 6.07) is 10.0. The molecule has 3 aromatic rings. The van der Waals surface area contributed by atoms with Crippen molar-refractivity contribution in [2.75, 3.05) is 0 Å². The molecule has 0 atom stereocenters. The van der Waals surface area contributed by atoms with Crippen LogP contribution in [-0.4, -0.2) is 19.2 Å². The quantitative estimate of drug-likeness (QED) is 0.787. The lowest BCUT2D eigenvalue weighted by molar-refractivity contribution is 0.915. The molecule has 0 saturated heterocycles. The number of rotatable bonds is 2. The predicted octanol–water partition coefficient (Wildman–Crippen LogP) is 1.96. The molecule has 0 bridgehead atoms. The van der Waals surface area contributed by atoms with Gasteiger partial charge in [-0.15, -0.1) is 5.10 Å². The summed E-state index contributed by atoms with van der Waals surface area (Å²) in [5.74, 6) is 1.66. The van der Waals surface area contributed by atoms with Crippen LogP contribution in [0.2, 0.25) is 0 Å². The van der Waals surface area contributed by atoms with E-state index in [2.05, 4.69) is 26.0 Å². The van der Waals surface area contributed by atoms with Gasteiger partial charge in [-0.25, -0.2) is 4.98 Å². The highest BCUT2D eigenvalue weighted by Crippen LogP contribution is 2.23. The number of hydrogen-bond donors (Lipinski definition) is 1. The molecule has 0 saturated carbocycles. The topological polar surface area (TPSA) is 61.1 Å². The normalized spacial score (nSPS) is 11.3. The van der Waals surface area contributed by atoms with Gasteiger partial charge in [0, 0.05) is 19.2 Å². The Morgan fingerprint density at radius 3 is 2.61 bits per heavy atom. The lowest BCUT2D eigenvalue weighted by Crippen LogP contribution is -1.99. The Bertz CT molecular complexity index is 698. The minimum absolute atomic E-state index is 0.393. The Balaban J connectivity index is 2.25. The summed E-state index contributed by atoms with van der Waals surface area (Å²) in [6.07, 6.45) is 0. The number of fused-ring (bicyclic) bond motifs is 1. The molecular weight excluding hydrogens is 294 g/mol. The summed E-state index contributed by atoms with van der Waals surface area (Å²) in [5, 5.41) is 4.57. The van der Waals surface area contributed by atoms with Crippen LogP contribution in [0.5, 0.6) is 0 Å². The summed E-state index contributed by atoms with van der Waals surface area (Å²) in [4.78, 5) is 4.47. The number of hydrogen-bond acceptors (Lipinski definition) is 3. The van der Waals surface area contributed by atoms with Gasteiger partial charge in [0.05, 0.1) is 5.69 Å². The molecule has 0 aliphatic heterocycles. The van der Waals surface area contributed by atoms with E-state index >= 15 is 0 Å². The van der Waals surface area contributed by atoms with Gasteiger partial charge in [-0.2, -0.15) is 4.52 Å². The van der Waals surface area contributed by atoms with E-state index in [1.807, 2.05) is 41.9 Å². The fourth-order valence-corrected chi connectivity index (χ4v) is 2.44. The Kier molecular flexibility index (Phi) is 2.68. The highest BCUT2D eigenvalue weighted by atomic mass is 79.9. The second-order valence-corrected chi connectivity index (χ2v) is 4.77. The zero-order chi connectivity index (χ0) is 12.7. The van der Waals surface area contributed by atoms with Gasteiger partial charge in [0.25, 0.3) is 0 Å². The van der Waals surface area contributed by atoms with Gasteiger partial charge in [-0.3, -0.25) is 4.57 Å². The zero-order valence-electron chi connectivity index (χ0n) is 9.84. The molecule has 0 spiro atoms.